The molecule has 0 atom stereocenters. The number of nitrogens with zero attached hydrogens (tertiary/aromatic N) is 1. The number of hydrogen-bond donors (Lipinski definition) is 0. The van der Waals surface area contributed by atoms with E-state index in [2.05, 4.69) is 0 Å². The molecule has 0 aromatic carbocycles. The summed E-state index contributed by atoms with van der Waals surface area (Å²) in [7, 11) is 3.70. The van der Waals surface area contributed by atoms with E-state index in [9.17, 15) is 4.79 Å². The number of esters is 1. The number of rotatable bonds is 4. The van der Waals surface area contributed by atoms with Gasteiger partial charge in [-0.2, -0.15) is 0 Å². The average molecular weight is 157 g/mol. The Hall–Kier alpha value is -0.990. The summed E-state index contributed by atoms with van der Waals surface area (Å²) in [5, 5.41) is 0. The minimum atomic E-state index is -0.277. The summed E-state index contributed by atoms with van der Waals surface area (Å²) in [4.78, 5) is 12.6. The van der Waals surface area contributed by atoms with Gasteiger partial charge in [0.05, 0.1) is 6.61 Å². The quantitative estimate of drug-likeness (QED) is 0.450. The standard InChI is InChI=1S/C8H15NO2/c1-4-7-11-8(10)5-6-9(2)3/h5-6H,4,7H2,1-3H3/b6-5+. The van der Waals surface area contributed by atoms with E-state index in [1.807, 2.05) is 21.0 Å². The van der Waals surface area contributed by atoms with Crippen LogP contribution >= 0.6 is 0 Å². The van der Waals surface area contributed by atoms with Gasteiger partial charge in [0.15, 0.2) is 0 Å². The highest BCUT2D eigenvalue weighted by atomic mass is 16.5. The van der Waals surface area contributed by atoms with Gasteiger partial charge in [-0.25, -0.2) is 4.79 Å². The van der Waals surface area contributed by atoms with Gasteiger partial charge in [0.25, 0.3) is 0 Å². The van der Waals surface area contributed by atoms with Crippen molar-refractivity contribution in [2.24, 2.45) is 0 Å². The molecule has 0 aromatic rings. The van der Waals surface area contributed by atoms with E-state index in [-0.39, 0.29) is 5.97 Å². The zero-order valence-electron chi connectivity index (χ0n) is 7.33. The smallest absolute Gasteiger partial charge is 0.332 e. The first-order valence-corrected chi connectivity index (χ1v) is 3.68. The average Bonchev–Trinajstić information content (AvgIpc) is 1.97. The predicted octanol–water partition coefficient (Wildman–Crippen LogP) is 1.01. The van der Waals surface area contributed by atoms with E-state index < -0.39 is 0 Å². The molecule has 0 aliphatic heterocycles. The van der Waals surface area contributed by atoms with Gasteiger partial charge in [-0.05, 0) is 6.42 Å². The SMILES string of the molecule is CCCOC(=O)/C=C/N(C)C. The zero-order chi connectivity index (χ0) is 8.69. The lowest BCUT2D eigenvalue weighted by Gasteiger charge is -2.02. The first kappa shape index (κ1) is 10.0. The number of ether oxygens (including phenoxy) is 1. The Kier molecular flexibility index (Phi) is 5.25. The Bertz CT molecular complexity index is 141. The van der Waals surface area contributed by atoms with Crippen LogP contribution in [-0.4, -0.2) is 31.6 Å². The second-order valence-corrected chi connectivity index (χ2v) is 2.45. The van der Waals surface area contributed by atoms with Crippen LogP contribution in [0.5, 0.6) is 0 Å². The first-order valence-electron chi connectivity index (χ1n) is 3.68. The lowest BCUT2D eigenvalue weighted by Crippen LogP contribution is -2.05. The van der Waals surface area contributed by atoms with Crippen molar-refractivity contribution in [2.45, 2.75) is 13.3 Å². The molecule has 0 N–H and O–H groups in total. The molecule has 3 heteroatoms. The van der Waals surface area contributed by atoms with Gasteiger partial charge in [-0.1, -0.05) is 6.92 Å². The van der Waals surface area contributed by atoms with Crippen LogP contribution in [0.3, 0.4) is 0 Å². The van der Waals surface area contributed by atoms with E-state index in [1.54, 1.807) is 11.1 Å². The van der Waals surface area contributed by atoms with Crippen molar-refractivity contribution in [1.29, 1.82) is 0 Å². The summed E-state index contributed by atoms with van der Waals surface area (Å²) in [6.45, 7) is 2.46. The van der Waals surface area contributed by atoms with Gasteiger partial charge in [0.1, 0.15) is 0 Å². The Labute approximate surface area is 67.6 Å². The Balaban J connectivity index is 3.51. The van der Waals surface area contributed by atoms with E-state index in [1.165, 1.54) is 6.08 Å². The molecule has 64 valence electrons. The van der Waals surface area contributed by atoms with Crippen molar-refractivity contribution in [1.82, 2.24) is 4.90 Å². The fraction of sp³-hybridized carbons (Fsp3) is 0.625. The molecule has 0 radical (unpaired) electrons. The summed E-state index contributed by atoms with van der Waals surface area (Å²) < 4.78 is 4.79. The van der Waals surface area contributed by atoms with Gasteiger partial charge in [-0.3, -0.25) is 0 Å². The third kappa shape index (κ3) is 6.90. The van der Waals surface area contributed by atoms with Crippen molar-refractivity contribution < 1.29 is 9.53 Å². The Morgan fingerprint density at radius 2 is 2.18 bits per heavy atom. The molecular weight excluding hydrogens is 142 g/mol. The fourth-order valence-electron chi connectivity index (χ4n) is 0.461. The molecule has 0 rings (SSSR count). The summed E-state index contributed by atoms with van der Waals surface area (Å²) >= 11 is 0. The van der Waals surface area contributed by atoms with Crippen LogP contribution in [0.1, 0.15) is 13.3 Å². The van der Waals surface area contributed by atoms with Gasteiger partial charge in [-0.15, -0.1) is 0 Å². The monoisotopic (exact) mass is 157 g/mol. The molecule has 0 heterocycles. The molecule has 0 aliphatic carbocycles. The largest absolute Gasteiger partial charge is 0.463 e. The van der Waals surface area contributed by atoms with Crippen molar-refractivity contribution >= 4 is 5.97 Å². The van der Waals surface area contributed by atoms with Crippen molar-refractivity contribution in [2.75, 3.05) is 20.7 Å². The number of hydrogen-bond acceptors (Lipinski definition) is 3. The fourth-order valence-corrected chi connectivity index (χ4v) is 0.461. The van der Waals surface area contributed by atoms with Crippen molar-refractivity contribution in [3.05, 3.63) is 12.3 Å². The van der Waals surface area contributed by atoms with Gasteiger partial charge in [0, 0.05) is 26.4 Å². The van der Waals surface area contributed by atoms with Crippen molar-refractivity contribution in [3.63, 3.8) is 0 Å². The van der Waals surface area contributed by atoms with Crippen LogP contribution in [0.4, 0.5) is 0 Å². The van der Waals surface area contributed by atoms with Gasteiger partial charge in [0.2, 0.25) is 0 Å². The van der Waals surface area contributed by atoms with Crippen LogP contribution < -0.4 is 0 Å². The third-order valence-corrected chi connectivity index (χ3v) is 0.957. The van der Waals surface area contributed by atoms with Crippen molar-refractivity contribution in [3.8, 4) is 0 Å². The predicted molar refractivity (Wildman–Crippen MR) is 44.1 cm³/mol. The highest BCUT2D eigenvalue weighted by Gasteiger charge is 1.93. The summed E-state index contributed by atoms with van der Waals surface area (Å²) in [6.07, 6.45) is 3.94. The molecule has 0 aromatic heterocycles. The minimum absolute atomic E-state index is 0.277. The molecule has 0 spiro atoms. The minimum Gasteiger partial charge on any atom is -0.463 e. The molecule has 0 amide bonds. The van der Waals surface area contributed by atoms with Crippen LogP contribution in [0, 0.1) is 0 Å². The molecule has 0 aliphatic rings. The summed E-state index contributed by atoms with van der Waals surface area (Å²) in [6, 6.07) is 0. The van der Waals surface area contributed by atoms with E-state index in [0.29, 0.717) is 6.61 Å². The Morgan fingerprint density at radius 3 is 2.64 bits per heavy atom. The third-order valence-electron chi connectivity index (χ3n) is 0.957. The summed E-state index contributed by atoms with van der Waals surface area (Å²) in [5.74, 6) is -0.277. The Morgan fingerprint density at radius 1 is 1.55 bits per heavy atom. The second-order valence-electron chi connectivity index (χ2n) is 2.45. The van der Waals surface area contributed by atoms with Gasteiger partial charge >= 0.3 is 5.97 Å². The molecule has 0 saturated carbocycles. The normalized spacial score (nSPS) is 10.1. The number of carbonyl (C=O) groups is 1. The molecule has 0 bridgehead atoms. The maximum atomic E-state index is 10.8. The lowest BCUT2D eigenvalue weighted by atomic mass is 10.5. The zero-order valence-corrected chi connectivity index (χ0v) is 7.33. The first-order chi connectivity index (χ1) is 5.16. The molecule has 0 fully saturated rings. The van der Waals surface area contributed by atoms with E-state index >= 15 is 0 Å². The summed E-state index contributed by atoms with van der Waals surface area (Å²) in [5.41, 5.74) is 0. The van der Waals surface area contributed by atoms with Crippen LogP contribution in [0.2, 0.25) is 0 Å². The van der Waals surface area contributed by atoms with E-state index in [4.69, 9.17) is 4.74 Å². The maximum Gasteiger partial charge on any atom is 0.332 e. The second kappa shape index (κ2) is 5.77. The lowest BCUT2D eigenvalue weighted by molar-refractivity contribution is -0.137. The molecule has 3 nitrogen and oxygen atoms in total. The van der Waals surface area contributed by atoms with Crippen LogP contribution in [0.15, 0.2) is 12.3 Å². The van der Waals surface area contributed by atoms with Gasteiger partial charge < -0.3 is 9.64 Å². The highest BCUT2D eigenvalue weighted by molar-refractivity contribution is 5.81. The molecule has 11 heavy (non-hydrogen) atoms. The maximum absolute atomic E-state index is 10.8. The topological polar surface area (TPSA) is 29.5 Å². The highest BCUT2D eigenvalue weighted by Crippen LogP contribution is 1.85. The molecule has 0 unspecified atom stereocenters. The number of carbonyl (C=O) groups excluding carboxylic acids is 1. The van der Waals surface area contributed by atoms with E-state index in [0.717, 1.165) is 6.42 Å². The van der Waals surface area contributed by atoms with Crippen LogP contribution in [-0.2, 0) is 9.53 Å². The molecule has 0 saturated heterocycles. The van der Waals surface area contributed by atoms with Crippen LogP contribution in [0.25, 0.3) is 0 Å². The molecular formula is C8H15NO2.